The predicted molar refractivity (Wildman–Crippen MR) is 128 cm³/mol. The van der Waals surface area contributed by atoms with Crippen LogP contribution in [0, 0.1) is 0 Å². The van der Waals surface area contributed by atoms with Crippen LogP contribution in [0.1, 0.15) is 155 Å². The molecule has 0 aliphatic carbocycles. The number of nitrogens with one attached hydrogen (secondary N) is 1. The molecule has 1 rings (SSSR count). The third-order valence-corrected chi connectivity index (χ3v) is 6.57. The lowest BCUT2D eigenvalue weighted by Crippen LogP contribution is -2.36. The van der Waals surface area contributed by atoms with Crippen molar-refractivity contribution in [1.82, 2.24) is 4.98 Å². The van der Waals surface area contributed by atoms with E-state index in [1.165, 1.54) is 128 Å². The fraction of sp³-hybridized carbons (Fsp3) is 0.889. The lowest BCUT2D eigenvalue weighted by Gasteiger charge is -2.12. The lowest BCUT2D eigenvalue weighted by molar-refractivity contribution is -0.701. The average molecular weight is 406 g/mol. The summed E-state index contributed by atoms with van der Waals surface area (Å²) in [7, 11) is 0. The fourth-order valence-electron chi connectivity index (χ4n) is 4.71. The van der Waals surface area contributed by atoms with Gasteiger partial charge in [-0.3, -0.25) is 0 Å². The third-order valence-electron chi connectivity index (χ3n) is 6.57. The Balaban J connectivity index is 1.91. The van der Waals surface area contributed by atoms with Crippen LogP contribution in [0.5, 0.6) is 0 Å². The number of hydrogen-bond acceptors (Lipinski definition) is 0. The molecule has 29 heavy (non-hydrogen) atoms. The lowest BCUT2D eigenvalue weighted by atomic mass is 9.95. The SMILES string of the molecule is CCCCCCCCCCCCCCCCCC[C@H](CCC)c1[nH]cc[n+]1CC. The van der Waals surface area contributed by atoms with Crippen LogP contribution in [0.15, 0.2) is 12.4 Å². The van der Waals surface area contributed by atoms with Crippen molar-refractivity contribution in [3.63, 3.8) is 0 Å². The molecule has 0 saturated carbocycles. The van der Waals surface area contributed by atoms with Crippen LogP contribution in [0.3, 0.4) is 0 Å². The van der Waals surface area contributed by atoms with Crippen molar-refractivity contribution in [2.24, 2.45) is 0 Å². The van der Waals surface area contributed by atoms with Crippen LogP contribution in [-0.4, -0.2) is 4.98 Å². The Morgan fingerprint density at radius 3 is 1.55 bits per heavy atom. The largest absolute Gasteiger partial charge is 0.257 e. The van der Waals surface area contributed by atoms with Gasteiger partial charge in [0.15, 0.2) is 0 Å². The van der Waals surface area contributed by atoms with Crippen LogP contribution in [-0.2, 0) is 6.54 Å². The Bertz CT molecular complexity index is 451. The summed E-state index contributed by atoms with van der Waals surface area (Å²) in [6.45, 7) is 7.95. The maximum atomic E-state index is 3.51. The highest BCUT2D eigenvalue weighted by atomic mass is 15.1. The second kappa shape index (κ2) is 19.2. The monoisotopic (exact) mass is 405 g/mol. The smallest absolute Gasteiger partial charge is 0.247 e. The van der Waals surface area contributed by atoms with Gasteiger partial charge in [0.1, 0.15) is 12.4 Å². The molecule has 0 fully saturated rings. The molecule has 1 N–H and O–H groups in total. The molecule has 0 amide bonds. The summed E-state index contributed by atoms with van der Waals surface area (Å²) >= 11 is 0. The molecule has 0 radical (unpaired) electrons. The van der Waals surface area contributed by atoms with E-state index in [2.05, 4.69) is 42.7 Å². The van der Waals surface area contributed by atoms with Gasteiger partial charge in [-0.15, -0.1) is 0 Å². The van der Waals surface area contributed by atoms with Crippen LogP contribution in [0.25, 0.3) is 0 Å². The highest BCUT2D eigenvalue weighted by Crippen LogP contribution is 2.24. The summed E-state index contributed by atoms with van der Waals surface area (Å²) in [6, 6.07) is 0. The van der Waals surface area contributed by atoms with Gasteiger partial charge in [0.05, 0.1) is 12.5 Å². The van der Waals surface area contributed by atoms with Gasteiger partial charge < -0.3 is 0 Å². The van der Waals surface area contributed by atoms with Crippen molar-refractivity contribution in [3.05, 3.63) is 18.2 Å². The van der Waals surface area contributed by atoms with Crippen molar-refractivity contribution < 1.29 is 4.57 Å². The molecule has 0 aliphatic rings. The van der Waals surface area contributed by atoms with Gasteiger partial charge in [0, 0.05) is 0 Å². The minimum atomic E-state index is 0.724. The van der Waals surface area contributed by atoms with Gasteiger partial charge in [0.25, 0.3) is 5.82 Å². The minimum absolute atomic E-state index is 0.724. The number of aromatic nitrogens is 2. The molecular weight excluding hydrogens is 352 g/mol. The van der Waals surface area contributed by atoms with Gasteiger partial charge in [-0.1, -0.05) is 123 Å². The molecule has 0 bridgehead atoms. The van der Waals surface area contributed by atoms with Crippen LogP contribution in [0.4, 0.5) is 0 Å². The Labute approximate surface area is 183 Å². The summed E-state index contributed by atoms with van der Waals surface area (Å²) in [5, 5.41) is 0. The van der Waals surface area contributed by atoms with E-state index < -0.39 is 0 Å². The topological polar surface area (TPSA) is 19.7 Å². The number of imidazole rings is 1. The van der Waals surface area contributed by atoms with E-state index in [4.69, 9.17) is 0 Å². The highest BCUT2D eigenvalue weighted by Gasteiger charge is 2.21. The first-order chi connectivity index (χ1) is 14.3. The first-order valence-electron chi connectivity index (χ1n) is 13.4. The highest BCUT2D eigenvalue weighted by molar-refractivity contribution is 4.89. The normalized spacial score (nSPS) is 12.5. The van der Waals surface area contributed by atoms with E-state index in [1.807, 2.05) is 0 Å². The van der Waals surface area contributed by atoms with Crippen molar-refractivity contribution in [2.45, 2.75) is 155 Å². The van der Waals surface area contributed by atoms with E-state index in [0.29, 0.717) is 0 Å². The number of unbranched alkanes of at least 4 members (excludes halogenated alkanes) is 15. The molecule has 1 heterocycles. The van der Waals surface area contributed by atoms with Crippen LogP contribution < -0.4 is 4.57 Å². The Morgan fingerprint density at radius 1 is 0.621 bits per heavy atom. The summed E-state index contributed by atoms with van der Waals surface area (Å²) in [4.78, 5) is 3.51. The third kappa shape index (κ3) is 13.2. The molecule has 1 aromatic rings. The number of rotatable bonds is 21. The molecule has 0 spiro atoms. The molecular formula is C27H53N2+. The first kappa shape index (κ1) is 26.2. The van der Waals surface area contributed by atoms with E-state index in [9.17, 15) is 0 Å². The van der Waals surface area contributed by atoms with Crippen LogP contribution >= 0.6 is 0 Å². The second-order valence-electron chi connectivity index (χ2n) is 9.21. The first-order valence-corrected chi connectivity index (χ1v) is 13.4. The molecule has 170 valence electrons. The van der Waals surface area contributed by atoms with Gasteiger partial charge >= 0.3 is 0 Å². The molecule has 0 unspecified atom stereocenters. The van der Waals surface area contributed by atoms with Crippen molar-refractivity contribution >= 4 is 0 Å². The minimum Gasteiger partial charge on any atom is -0.247 e. The zero-order chi connectivity index (χ0) is 21.0. The van der Waals surface area contributed by atoms with Gasteiger partial charge in [-0.2, -0.15) is 0 Å². The average Bonchev–Trinajstić information content (AvgIpc) is 3.21. The zero-order valence-corrected chi connectivity index (χ0v) is 20.3. The van der Waals surface area contributed by atoms with Crippen LogP contribution in [0.2, 0.25) is 0 Å². The summed E-state index contributed by atoms with van der Waals surface area (Å²) in [6.07, 6.45) is 31.5. The van der Waals surface area contributed by atoms with E-state index in [0.717, 1.165) is 12.5 Å². The Hall–Kier alpha value is -0.790. The van der Waals surface area contributed by atoms with Crippen molar-refractivity contribution in [2.75, 3.05) is 0 Å². The van der Waals surface area contributed by atoms with E-state index in [1.54, 1.807) is 0 Å². The number of aryl methyl sites for hydroxylation is 1. The number of nitrogens with zero attached hydrogens (tertiary/aromatic N) is 1. The molecule has 0 saturated heterocycles. The summed E-state index contributed by atoms with van der Waals surface area (Å²) in [5.41, 5.74) is 0. The predicted octanol–water partition coefficient (Wildman–Crippen LogP) is 8.86. The molecule has 1 atom stereocenters. The summed E-state index contributed by atoms with van der Waals surface area (Å²) < 4.78 is 2.40. The number of aromatic amines is 1. The molecule has 1 aromatic heterocycles. The molecule has 0 aliphatic heterocycles. The molecule has 2 nitrogen and oxygen atoms in total. The molecule has 2 heteroatoms. The van der Waals surface area contributed by atoms with Gasteiger partial charge in [0.2, 0.25) is 0 Å². The number of H-pyrrole nitrogens is 1. The molecule has 0 aromatic carbocycles. The fourth-order valence-corrected chi connectivity index (χ4v) is 4.71. The number of hydrogen-bond donors (Lipinski definition) is 1. The van der Waals surface area contributed by atoms with Crippen molar-refractivity contribution in [3.8, 4) is 0 Å². The standard InChI is InChI=1S/C27H52N2/c1-4-7-8-9-10-11-12-13-14-15-16-17-18-19-20-21-23-26(22-5-2)27-28-24-25-29(27)6-3/h24-26H,4-23H2,1-3H3/p+1/t26-/m0/s1. The second-order valence-corrected chi connectivity index (χ2v) is 9.21. The van der Waals surface area contributed by atoms with Crippen molar-refractivity contribution in [1.29, 1.82) is 0 Å². The maximum Gasteiger partial charge on any atom is 0.257 e. The van der Waals surface area contributed by atoms with E-state index >= 15 is 0 Å². The Morgan fingerprint density at radius 2 is 1.10 bits per heavy atom. The van der Waals surface area contributed by atoms with E-state index in [-0.39, 0.29) is 0 Å². The summed E-state index contributed by atoms with van der Waals surface area (Å²) in [5.74, 6) is 2.18. The zero-order valence-electron chi connectivity index (χ0n) is 20.3. The quantitative estimate of drug-likeness (QED) is 0.156. The Kier molecular flexibility index (Phi) is 17.4. The maximum absolute atomic E-state index is 3.51. The van der Waals surface area contributed by atoms with Gasteiger partial charge in [-0.25, -0.2) is 9.55 Å². The van der Waals surface area contributed by atoms with Gasteiger partial charge in [-0.05, 0) is 19.8 Å².